The number of ketones is 1. The van der Waals surface area contributed by atoms with E-state index < -0.39 is 23.5 Å². The fourth-order valence-electron chi connectivity index (χ4n) is 5.29. The summed E-state index contributed by atoms with van der Waals surface area (Å²) >= 11 is 0. The molecule has 0 radical (unpaired) electrons. The van der Waals surface area contributed by atoms with Gasteiger partial charge in [-0.05, 0) is 75.6 Å². The Bertz CT molecular complexity index is 1220. The Kier molecular flexibility index (Phi) is 8.62. The molecule has 1 amide bonds. The first-order valence-corrected chi connectivity index (χ1v) is 13.6. The number of quaternary nitrogens is 1. The first-order chi connectivity index (χ1) is 18.3. The van der Waals surface area contributed by atoms with Gasteiger partial charge in [-0.1, -0.05) is 17.9 Å². The van der Waals surface area contributed by atoms with Crippen LogP contribution in [0, 0.1) is 0 Å². The van der Waals surface area contributed by atoms with E-state index in [9.17, 15) is 14.7 Å². The lowest BCUT2D eigenvalue weighted by atomic mass is 9.94. The smallest absolute Gasteiger partial charge is 0.295 e. The molecule has 1 saturated heterocycles. The highest BCUT2D eigenvalue weighted by Crippen LogP contribution is 2.42. The van der Waals surface area contributed by atoms with Crippen molar-refractivity contribution < 1.29 is 33.8 Å². The molecule has 2 heterocycles. The van der Waals surface area contributed by atoms with Crippen molar-refractivity contribution in [3.05, 3.63) is 58.7 Å². The number of carbonyl (C=O) groups is 2. The Morgan fingerprint density at radius 2 is 1.74 bits per heavy atom. The minimum atomic E-state index is -0.809. The summed E-state index contributed by atoms with van der Waals surface area (Å²) in [6, 6.07) is 9.80. The Morgan fingerprint density at radius 3 is 2.42 bits per heavy atom. The van der Waals surface area contributed by atoms with E-state index in [0.29, 0.717) is 55.4 Å². The molecule has 8 nitrogen and oxygen atoms in total. The minimum absolute atomic E-state index is 0.0249. The van der Waals surface area contributed by atoms with Gasteiger partial charge in [0.05, 0.1) is 45.4 Å². The summed E-state index contributed by atoms with van der Waals surface area (Å²) in [4.78, 5) is 29.6. The second-order valence-corrected chi connectivity index (χ2v) is 9.71. The number of benzene rings is 2. The summed E-state index contributed by atoms with van der Waals surface area (Å²) in [5.41, 5.74) is 1.93. The third-order valence-corrected chi connectivity index (χ3v) is 7.28. The number of ether oxygens (including phenoxy) is 3. The Morgan fingerprint density at radius 1 is 1.03 bits per heavy atom. The zero-order chi connectivity index (χ0) is 27.4. The van der Waals surface area contributed by atoms with Gasteiger partial charge in [0.15, 0.2) is 11.5 Å². The number of likely N-dealkylation sites (tertiary alicyclic amines) is 1. The quantitative estimate of drug-likeness (QED) is 0.276. The lowest BCUT2D eigenvalue weighted by Crippen LogP contribution is -3.12. The molecule has 2 atom stereocenters. The van der Waals surface area contributed by atoms with Gasteiger partial charge < -0.3 is 29.1 Å². The monoisotopic (exact) mass is 522 g/mol. The molecular weight excluding hydrogens is 484 g/mol. The van der Waals surface area contributed by atoms with Crippen molar-refractivity contribution in [1.82, 2.24) is 4.90 Å². The van der Waals surface area contributed by atoms with Gasteiger partial charge in [-0.2, -0.15) is 0 Å². The molecule has 2 aromatic carbocycles. The zero-order valence-electron chi connectivity index (χ0n) is 23.0. The molecule has 0 spiro atoms. The second-order valence-electron chi connectivity index (χ2n) is 9.71. The molecule has 2 aliphatic rings. The predicted molar refractivity (Wildman–Crippen MR) is 142 cm³/mol. The number of fused-ring (bicyclic) bond motifs is 1. The molecule has 4 rings (SSSR count). The predicted octanol–water partition coefficient (Wildman–Crippen LogP) is 1.96. The molecule has 2 unspecified atom stereocenters. The van der Waals surface area contributed by atoms with Crippen molar-refractivity contribution in [2.24, 2.45) is 0 Å². The van der Waals surface area contributed by atoms with E-state index in [-0.39, 0.29) is 11.7 Å². The summed E-state index contributed by atoms with van der Waals surface area (Å²) in [6.45, 7) is 13.7. The maximum atomic E-state index is 13.9. The highest BCUT2D eigenvalue weighted by molar-refractivity contribution is 6.46. The third kappa shape index (κ3) is 5.36. The number of hydrogen-bond donors (Lipinski definition) is 1. The lowest BCUT2D eigenvalue weighted by molar-refractivity contribution is -0.895. The highest BCUT2D eigenvalue weighted by Gasteiger charge is 2.44. The maximum absolute atomic E-state index is 13.9. The Hall–Kier alpha value is -3.52. The third-order valence-electron chi connectivity index (χ3n) is 7.28. The van der Waals surface area contributed by atoms with Gasteiger partial charge in [0.2, 0.25) is 5.78 Å². The largest absolute Gasteiger partial charge is 0.872 e. The van der Waals surface area contributed by atoms with Crippen LogP contribution in [0.5, 0.6) is 17.2 Å². The van der Waals surface area contributed by atoms with Crippen LogP contribution in [0.4, 0.5) is 0 Å². The Balaban J connectivity index is 1.82. The summed E-state index contributed by atoms with van der Waals surface area (Å²) in [6.07, 6.45) is 0.724. The second kappa shape index (κ2) is 11.9. The molecule has 2 aromatic rings. The normalized spacial score (nSPS) is 20.1. The van der Waals surface area contributed by atoms with Crippen LogP contribution in [-0.2, 0) is 16.0 Å². The van der Waals surface area contributed by atoms with Crippen LogP contribution in [0.2, 0.25) is 0 Å². The molecule has 1 fully saturated rings. The first kappa shape index (κ1) is 27.5. The van der Waals surface area contributed by atoms with Crippen LogP contribution in [-0.4, -0.2) is 62.1 Å². The minimum Gasteiger partial charge on any atom is -0.872 e. The van der Waals surface area contributed by atoms with Crippen LogP contribution in [0.3, 0.4) is 0 Å². The van der Waals surface area contributed by atoms with Gasteiger partial charge in [-0.3, -0.25) is 9.59 Å². The summed E-state index contributed by atoms with van der Waals surface area (Å²) < 4.78 is 17.3. The van der Waals surface area contributed by atoms with Gasteiger partial charge in [0.1, 0.15) is 11.9 Å². The van der Waals surface area contributed by atoms with Crippen molar-refractivity contribution in [2.45, 2.75) is 53.2 Å². The van der Waals surface area contributed by atoms with Crippen molar-refractivity contribution in [3.63, 3.8) is 0 Å². The molecule has 2 aliphatic heterocycles. The van der Waals surface area contributed by atoms with Gasteiger partial charge in [0, 0.05) is 12.0 Å². The van der Waals surface area contributed by atoms with Crippen molar-refractivity contribution in [3.8, 4) is 17.2 Å². The van der Waals surface area contributed by atoms with Crippen LogP contribution < -0.4 is 24.2 Å². The van der Waals surface area contributed by atoms with E-state index in [0.717, 1.165) is 24.4 Å². The van der Waals surface area contributed by atoms with E-state index in [1.165, 1.54) is 4.90 Å². The number of Topliss-reactive ketones (excluding diaryl/α,β-unsaturated/α-hetero) is 1. The standard InChI is InChI=1S/C30H38N2O6/c1-6-31(7-2)14-15-32-27(20-10-13-24(36-8-3)25(18-20)37-9-4)26(29(34)30(32)35)28(33)21-11-12-23-22(17-21)16-19(5)38-23/h10-13,17-19,27,33H,6-9,14-16H2,1-5H3/b28-26+. The number of likely N-dealkylation sites (N-methyl/N-ethyl adjacent to an activating group) is 1. The van der Waals surface area contributed by atoms with Crippen molar-refractivity contribution in [2.75, 3.05) is 39.4 Å². The number of amides is 1. The van der Waals surface area contributed by atoms with Gasteiger partial charge in [0.25, 0.3) is 5.91 Å². The average Bonchev–Trinajstić information content (AvgIpc) is 3.41. The molecule has 1 N–H and O–H groups in total. The average molecular weight is 523 g/mol. The van der Waals surface area contributed by atoms with Crippen molar-refractivity contribution >= 4 is 17.4 Å². The van der Waals surface area contributed by atoms with Crippen LogP contribution in [0.15, 0.2) is 42.0 Å². The molecule has 8 heteroatoms. The number of rotatable bonds is 11. The topological polar surface area (TPSA) is 92.6 Å². The fraction of sp³-hybridized carbons (Fsp3) is 0.467. The van der Waals surface area contributed by atoms with Crippen LogP contribution in [0.1, 0.15) is 57.4 Å². The Labute approximate surface area is 224 Å². The summed E-state index contributed by atoms with van der Waals surface area (Å²) in [5.74, 6) is 0.0275. The van der Waals surface area contributed by atoms with E-state index >= 15 is 0 Å². The van der Waals surface area contributed by atoms with E-state index in [1.807, 2.05) is 26.8 Å². The molecule has 0 aromatic heterocycles. The van der Waals surface area contributed by atoms with Gasteiger partial charge in [-0.25, -0.2) is 0 Å². The lowest BCUT2D eigenvalue weighted by Gasteiger charge is -2.29. The maximum Gasteiger partial charge on any atom is 0.295 e. The first-order valence-electron chi connectivity index (χ1n) is 13.6. The molecule has 0 saturated carbocycles. The molecular formula is C30H38N2O6. The molecule has 0 bridgehead atoms. The van der Waals surface area contributed by atoms with Crippen LogP contribution >= 0.6 is 0 Å². The SMILES string of the molecule is CCOc1ccc(C2/C(=C(\[O-])c3ccc4c(c3)CC(C)O4)C(=O)C(=O)N2CC[NH+](CC)CC)cc1OCC. The highest BCUT2D eigenvalue weighted by atomic mass is 16.5. The number of nitrogens with zero attached hydrogens (tertiary/aromatic N) is 1. The van der Waals surface area contributed by atoms with Gasteiger partial charge >= 0.3 is 0 Å². The zero-order valence-corrected chi connectivity index (χ0v) is 23.0. The van der Waals surface area contributed by atoms with Gasteiger partial charge in [-0.15, -0.1) is 0 Å². The fourth-order valence-corrected chi connectivity index (χ4v) is 5.29. The van der Waals surface area contributed by atoms with E-state index in [1.54, 1.807) is 35.2 Å². The molecule has 204 valence electrons. The summed E-state index contributed by atoms with van der Waals surface area (Å²) in [7, 11) is 0. The molecule has 38 heavy (non-hydrogen) atoms. The number of hydrogen-bond acceptors (Lipinski definition) is 6. The van der Waals surface area contributed by atoms with Crippen molar-refractivity contribution in [1.29, 1.82) is 0 Å². The van der Waals surface area contributed by atoms with E-state index in [4.69, 9.17) is 14.2 Å². The summed E-state index contributed by atoms with van der Waals surface area (Å²) in [5, 5.41) is 13.9. The molecule has 0 aliphatic carbocycles. The number of carbonyl (C=O) groups excluding carboxylic acids is 2. The number of nitrogens with one attached hydrogen (secondary N) is 1. The van der Waals surface area contributed by atoms with Crippen LogP contribution in [0.25, 0.3) is 5.76 Å². The van der Waals surface area contributed by atoms with E-state index in [2.05, 4.69) is 13.8 Å².